The van der Waals surface area contributed by atoms with Gasteiger partial charge in [-0.05, 0) is 32.6 Å². The monoisotopic (exact) mass is 140 g/mol. The summed E-state index contributed by atoms with van der Waals surface area (Å²) in [5, 5.41) is 0. The van der Waals surface area contributed by atoms with E-state index in [1.807, 2.05) is 0 Å². The van der Waals surface area contributed by atoms with Crippen LogP contribution in [0.1, 0.15) is 32.6 Å². The molecule has 1 aliphatic carbocycles. The fourth-order valence-corrected chi connectivity index (χ4v) is 0.856. The second kappa shape index (κ2) is 4.51. The fourth-order valence-electron chi connectivity index (χ4n) is 0.856. The molecule has 0 N–H and O–H groups in total. The Morgan fingerprint density at radius 1 is 1.20 bits per heavy atom. The van der Waals surface area contributed by atoms with Crippen molar-refractivity contribution in [1.82, 2.24) is 0 Å². The Morgan fingerprint density at radius 2 is 1.60 bits per heavy atom. The Labute approximate surface area is 63.1 Å². The molecule has 58 valence electrons. The third-order valence-electron chi connectivity index (χ3n) is 1.66. The Kier molecular flexibility index (Phi) is 3.52. The van der Waals surface area contributed by atoms with Gasteiger partial charge in [-0.1, -0.05) is 12.2 Å². The van der Waals surface area contributed by atoms with Gasteiger partial charge >= 0.3 is 0 Å². The number of ether oxygens (including phenoxy) is 1. The molecular weight excluding hydrogens is 124 g/mol. The highest BCUT2D eigenvalue weighted by Crippen LogP contribution is 2.07. The summed E-state index contributed by atoms with van der Waals surface area (Å²) >= 11 is 0. The zero-order valence-corrected chi connectivity index (χ0v) is 6.68. The zero-order chi connectivity index (χ0) is 7.23. The van der Waals surface area contributed by atoms with Crippen LogP contribution in [0, 0.1) is 0 Å². The molecule has 1 saturated heterocycles. The van der Waals surface area contributed by atoms with E-state index in [4.69, 9.17) is 4.74 Å². The standard InChI is InChI=1S/C6H10.C3H6O/c1-2-4-6-5-3-1;1-3-2-4-3/h1-2H,3-6H2;3H,2H2,1H3. The molecule has 1 heterocycles. The quantitative estimate of drug-likeness (QED) is 0.372. The highest BCUT2D eigenvalue weighted by molar-refractivity contribution is 4.85. The Balaban J connectivity index is 0.000000108. The molecule has 2 rings (SSSR count). The van der Waals surface area contributed by atoms with Crippen molar-refractivity contribution in [3.05, 3.63) is 12.2 Å². The molecule has 0 radical (unpaired) electrons. The van der Waals surface area contributed by atoms with Crippen molar-refractivity contribution in [2.24, 2.45) is 0 Å². The summed E-state index contributed by atoms with van der Waals surface area (Å²) in [5.74, 6) is 0. The molecule has 0 aromatic carbocycles. The molecule has 0 aromatic heterocycles. The summed E-state index contributed by atoms with van der Waals surface area (Å²) in [6.45, 7) is 3.04. The van der Waals surface area contributed by atoms with Crippen LogP contribution in [-0.2, 0) is 4.74 Å². The number of hydrogen-bond donors (Lipinski definition) is 0. The first-order valence-corrected chi connectivity index (χ1v) is 4.16. The molecule has 0 saturated carbocycles. The van der Waals surface area contributed by atoms with E-state index in [0.29, 0.717) is 6.10 Å². The van der Waals surface area contributed by atoms with Crippen molar-refractivity contribution < 1.29 is 4.74 Å². The minimum absolute atomic E-state index is 0.583. The number of epoxide rings is 1. The van der Waals surface area contributed by atoms with Gasteiger partial charge in [-0.2, -0.15) is 0 Å². The maximum atomic E-state index is 4.71. The Morgan fingerprint density at radius 3 is 1.70 bits per heavy atom. The van der Waals surface area contributed by atoms with Crippen molar-refractivity contribution in [1.29, 1.82) is 0 Å². The number of allylic oxidation sites excluding steroid dienone is 2. The van der Waals surface area contributed by atoms with Crippen molar-refractivity contribution in [2.45, 2.75) is 38.7 Å². The van der Waals surface area contributed by atoms with Crippen LogP contribution in [0.4, 0.5) is 0 Å². The van der Waals surface area contributed by atoms with Gasteiger partial charge in [-0.25, -0.2) is 0 Å². The summed E-state index contributed by atoms with van der Waals surface area (Å²) < 4.78 is 4.71. The molecule has 1 fully saturated rings. The Hall–Kier alpha value is -0.300. The molecule has 0 bridgehead atoms. The zero-order valence-electron chi connectivity index (χ0n) is 6.68. The first-order valence-electron chi connectivity index (χ1n) is 4.16. The molecule has 1 atom stereocenters. The van der Waals surface area contributed by atoms with Crippen LogP contribution in [0.3, 0.4) is 0 Å². The van der Waals surface area contributed by atoms with Crippen LogP contribution in [0.25, 0.3) is 0 Å². The number of rotatable bonds is 0. The SMILES string of the molecule is C1=CCCCC1.CC1CO1. The van der Waals surface area contributed by atoms with Gasteiger partial charge in [0, 0.05) is 0 Å². The normalized spacial score (nSPS) is 28.7. The van der Waals surface area contributed by atoms with Crippen LogP contribution in [-0.4, -0.2) is 12.7 Å². The topological polar surface area (TPSA) is 12.5 Å². The van der Waals surface area contributed by atoms with Gasteiger partial charge in [0.1, 0.15) is 0 Å². The highest BCUT2D eigenvalue weighted by atomic mass is 16.6. The van der Waals surface area contributed by atoms with Crippen LogP contribution in [0.2, 0.25) is 0 Å². The van der Waals surface area contributed by atoms with E-state index < -0.39 is 0 Å². The summed E-state index contributed by atoms with van der Waals surface area (Å²) in [6.07, 6.45) is 10.6. The molecule has 0 aromatic rings. The highest BCUT2D eigenvalue weighted by Gasteiger charge is 2.13. The summed E-state index contributed by atoms with van der Waals surface area (Å²) in [7, 11) is 0. The lowest BCUT2D eigenvalue weighted by Crippen LogP contribution is -1.77. The van der Waals surface area contributed by atoms with Crippen LogP contribution in [0.15, 0.2) is 12.2 Å². The van der Waals surface area contributed by atoms with Gasteiger partial charge in [0.25, 0.3) is 0 Å². The molecule has 10 heavy (non-hydrogen) atoms. The van der Waals surface area contributed by atoms with Gasteiger partial charge in [0.15, 0.2) is 0 Å². The third-order valence-corrected chi connectivity index (χ3v) is 1.66. The molecule has 0 amide bonds. The van der Waals surface area contributed by atoms with Gasteiger partial charge in [0.05, 0.1) is 12.7 Å². The lowest BCUT2D eigenvalue weighted by atomic mass is 10.1. The molecule has 1 heteroatoms. The van der Waals surface area contributed by atoms with Crippen molar-refractivity contribution >= 4 is 0 Å². The largest absolute Gasteiger partial charge is 0.373 e. The smallest absolute Gasteiger partial charge is 0.0781 e. The lowest BCUT2D eigenvalue weighted by Gasteiger charge is -1.97. The third kappa shape index (κ3) is 4.57. The maximum Gasteiger partial charge on any atom is 0.0781 e. The van der Waals surface area contributed by atoms with Crippen molar-refractivity contribution in [3.63, 3.8) is 0 Å². The van der Waals surface area contributed by atoms with E-state index in [-0.39, 0.29) is 0 Å². The van der Waals surface area contributed by atoms with E-state index in [9.17, 15) is 0 Å². The molecule has 2 aliphatic rings. The fraction of sp³-hybridized carbons (Fsp3) is 0.778. The van der Waals surface area contributed by atoms with Gasteiger partial charge in [0.2, 0.25) is 0 Å². The number of hydrogen-bond acceptors (Lipinski definition) is 1. The van der Waals surface area contributed by atoms with Gasteiger partial charge < -0.3 is 4.74 Å². The van der Waals surface area contributed by atoms with Crippen LogP contribution < -0.4 is 0 Å². The van der Waals surface area contributed by atoms with Gasteiger partial charge in [-0.15, -0.1) is 0 Å². The predicted molar refractivity (Wildman–Crippen MR) is 43.0 cm³/mol. The minimum atomic E-state index is 0.583. The molecular formula is C9H16O. The summed E-state index contributed by atoms with van der Waals surface area (Å²) in [6, 6.07) is 0. The first-order chi connectivity index (χ1) is 4.89. The van der Waals surface area contributed by atoms with Crippen molar-refractivity contribution in [2.75, 3.05) is 6.61 Å². The molecule has 0 spiro atoms. The minimum Gasteiger partial charge on any atom is -0.373 e. The Bertz CT molecular complexity index is 95.3. The first kappa shape index (κ1) is 7.80. The second-order valence-corrected chi connectivity index (χ2v) is 2.90. The van der Waals surface area contributed by atoms with E-state index in [1.165, 1.54) is 25.7 Å². The summed E-state index contributed by atoms with van der Waals surface area (Å²) in [5.41, 5.74) is 0. The average molecular weight is 140 g/mol. The van der Waals surface area contributed by atoms with E-state index in [2.05, 4.69) is 19.1 Å². The molecule has 1 aliphatic heterocycles. The maximum absolute atomic E-state index is 4.71. The van der Waals surface area contributed by atoms with Crippen molar-refractivity contribution in [3.8, 4) is 0 Å². The average Bonchev–Trinajstić information content (AvgIpc) is 2.77. The van der Waals surface area contributed by atoms with E-state index in [0.717, 1.165) is 6.61 Å². The molecule has 1 unspecified atom stereocenters. The lowest BCUT2D eigenvalue weighted by molar-refractivity contribution is 0.423. The molecule has 1 nitrogen and oxygen atoms in total. The van der Waals surface area contributed by atoms with Crippen LogP contribution >= 0.6 is 0 Å². The van der Waals surface area contributed by atoms with E-state index >= 15 is 0 Å². The van der Waals surface area contributed by atoms with Crippen LogP contribution in [0.5, 0.6) is 0 Å². The van der Waals surface area contributed by atoms with Gasteiger partial charge in [-0.3, -0.25) is 0 Å². The van der Waals surface area contributed by atoms with E-state index in [1.54, 1.807) is 0 Å². The second-order valence-electron chi connectivity index (χ2n) is 2.90. The summed E-state index contributed by atoms with van der Waals surface area (Å²) in [4.78, 5) is 0. The predicted octanol–water partition coefficient (Wildman–Crippen LogP) is 2.52.